The molecule has 4 saturated heterocycles. The number of aromatic nitrogens is 3. The number of carbonyl (C=O) groups excluding carboxylic acids is 7. The van der Waals surface area contributed by atoms with Crippen LogP contribution in [0.2, 0.25) is 0 Å². The normalized spacial score (nSPS) is 25.4. The van der Waals surface area contributed by atoms with Crippen molar-refractivity contribution in [2.45, 2.75) is 163 Å². The van der Waals surface area contributed by atoms with Gasteiger partial charge in [0.15, 0.2) is 51.7 Å². The molecule has 1 aromatic heterocycles. The second-order valence-electron chi connectivity index (χ2n) is 34.9. The molecule has 5 heterocycles. The van der Waals surface area contributed by atoms with Crippen molar-refractivity contribution >= 4 is 61.4 Å². The first-order valence-electron chi connectivity index (χ1n) is 44.0. The molecule has 716 valence electrons. The van der Waals surface area contributed by atoms with Gasteiger partial charge in [-0.05, 0) is 130 Å². The standard InChI is InChI=1S/C91H109N9O31S2/c1-49-13-20-56(21-14-49)132(115,116)40-27-65(102)52-9-7-10-53(41-52)84(110)92-29-35-121-37-31-95-90(113)124-48-61-57-22-24-62-63(25-23-58(57)61)99(97-96-62)33-38-122-36-30-93-85(111)54-17-26-66(127-87-82(109)81(108)78(105)70(47-101)128-87)68(42-54)131-133(117,118)130-55-18-15-51(16-19-55)46-100(3,4)34-28-94-89(112)91(114)44-60-73(80(107)75-74(77(60)104)76(103)59-11-8-12-67(119-5)72(59)79(75)106)69(45-91)126-71-43-64-83(50(2)125-71)129-86-88(120-6)123-39-32-98(64)86/h7-21,26,41-42,50,57-58,61,64,69-71,78,81-83,86-88,101,105,108-109,114H,22-25,27-40,43-48H2,1-6H3,(H5-,92,93,94,95,96,97,103,104,106,107,110,111,112,113)/p+1/t50-,57+,58-,61?,64-,69-,70+,71-,78-,81-,82+,83+,86+,87?,88-,91-/m0/s1. The first-order chi connectivity index (χ1) is 63.6. The molecule has 40 nitrogen and oxygen atoms in total. The number of aliphatic hydroxyl groups excluding tert-OH is 4. The van der Waals surface area contributed by atoms with E-state index in [4.69, 9.17) is 60.5 Å². The summed E-state index contributed by atoms with van der Waals surface area (Å²) in [4.78, 5) is 98.0. The third-order valence-corrected chi connectivity index (χ3v) is 28.1. The Hall–Kier alpha value is -10.8. The van der Waals surface area contributed by atoms with Gasteiger partial charge in [-0.1, -0.05) is 47.2 Å². The van der Waals surface area contributed by atoms with Crippen LogP contribution in [-0.4, -0.2) is 311 Å². The van der Waals surface area contributed by atoms with Crippen LogP contribution >= 0.6 is 0 Å². The maximum Gasteiger partial charge on any atom is 0.501 e. The predicted octanol–water partition coefficient (Wildman–Crippen LogP) is 2.73. The minimum Gasteiger partial charge on any atom is -0.507 e. The summed E-state index contributed by atoms with van der Waals surface area (Å²) in [5.74, 6) is -6.32. The molecule has 16 atom stereocenters. The molecule has 0 radical (unpaired) electrons. The lowest BCUT2D eigenvalue weighted by atomic mass is 9.72. The fourth-order valence-electron chi connectivity index (χ4n) is 18.5. The average Bonchev–Trinajstić information content (AvgIpc) is 1.53. The van der Waals surface area contributed by atoms with Crippen molar-refractivity contribution in [3.05, 3.63) is 182 Å². The van der Waals surface area contributed by atoms with Crippen molar-refractivity contribution in [2.75, 3.05) is 120 Å². The third kappa shape index (κ3) is 21.8. The number of methoxy groups -OCH3 is 2. The summed E-state index contributed by atoms with van der Waals surface area (Å²) in [5, 5.41) is 99.0. The molecule has 8 aliphatic rings. The Kier molecular flexibility index (Phi) is 30.0. The summed E-state index contributed by atoms with van der Waals surface area (Å²) in [6.07, 6.45) is -12.4. The number of phenolic OH excluding ortho intramolecular Hbond substituents is 2. The van der Waals surface area contributed by atoms with E-state index in [1.807, 2.05) is 21.0 Å². The number of aromatic hydroxyl groups is 2. The Morgan fingerprint density at radius 1 is 0.707 bits per heavy atom. The van der Waals surface area contributed by atoms with Crippen molar-refractivity contribution in [3.63, 3.8) is 0 Å². The zero-order valence-electron chi connectivity index (χ0n) is 74.0. The van der Waals surface area contributed by atoms with E-state index in [0.717, 1.165) is 41.9 Å². The number of Topliss-reactive ketones (excluding diaryl/α,β-unsaturated/α-hetero) is 1. The number of quaternary nitrogens is 1. The number of carbonyl (C=O) groups is 7. The molecule has 5 fully saturated rings. The quantitative estimate of drug-likeness (QED) is 0.0115. The third-order valence-electron chi connectivity index (χ3n) is 25.5. The molecular formula is C91H110N9O31S2+. The van der Waals surface area contributed by atoms with Crippen LogP contribution in [-0.2, 0) is 100 Å². The van der Waals surface area contributed by atoms with E-state index in [1.165, 1.54) is 74.9 Å². The zero-order chi connectivity index (χ0) is 94.5. The van der Waals surface area contributed by atoms with Gasteiger partial charge in [0.2, 0.25) is 12.1 Å². The number of likely N-dealkylation sites (N-methyl/N-ethyl adjacent to an activating group) is 1. The molecule has 42 heteroatoms. The summed E-state index contributed by atoms with van der Waals surface area (Å²) in [5.41, 5.74) is -0.258. The highest BCUT2D eigenvalue weighted by Crippen LogP contribution is 2.55. The molecule has 4 aliphatic carbocycles. The van der Waals surface area contributed by atoms with Gasteiger partial charge in [-0.25, -0.2) is 17.9 Å². The lowest BCUT2D eigenvalue weighted by molar-refractivity contribution is -0.902. The number of aryl methyl sites for hydroxylation is 2. The number of fused-ring (bicyclic) bond motifs is 8. The van der Waals surface area contributed by atoms with Crippen LogP contribution in [0.5, 0.6) is 34.5 Å². The maximum atomic E-state index is 14.6. The van der Waals surface area contributed by atoms with Gasteiger partial charge in [0.25, 0.3) is 17.7 Å². The number of alkyl carbamates (subject to hydrolysis) is 1. The van der Waals surface area contributed by atoms with Crippen LogP contribution in [0.25, 0.3) is 0 Å². The molecule has 4 amide bonds. The lowest BCUT2D eigenvalue weighted by Gasteiger charge is -2.43. The van der Waals surface area contributed by atoms with Crippen LogP contribution in [0.4, 0.5) is 4.79 Å². The summed E-state index contributed by atoms with van der Waals surface area (Å²) in [6.45, 7) is 5.50. The number of hydrogen-bond donors (Lipinski definition) is 11. The van der Waals surface area contributed by atoms with E-state index in [9.17, 15) is 86.1 Å². The van der Waals surface area contributed by atoms with Crippen LogP contribution in [0.1, 0.15) is 142 Å². The van der Waals surface area contributed by atoms with Crippen molar-refractivity contribution in [1.29, 1.82) is 0 Å². The Labute approximate surface area is 766 Å². The number of phenols is 2. The van der Waals surface area contributed by atoms with Crippen molar-refractivity contribution in [2.24, 2.45) is 17.8 Å². The second-order valence-corrected chi connectivity index (χ2v) is 38.1. The first kappa shape index (κ1) is 96.8. The number of rotatable bonds is 38. The number of ether oxygens (including phenoxy) is 11. The van der Waals surface area contributed by atoms with Gasteiger partial charge in [-0.3, -0.25) is 33.7 Å². The fourth-order valence-corrected chi connectivity index (χ4v) is 20.5. The van der Waals surface area contributed by atoms with E-state index < -0.39 is 188 Å². The van der Waals surface area contributed by atoms with E-state index in [1.54, 1.807) is 48.0 Å². The van der Waals surface area contributed by atoms with Gasteiger partial charge >= 0.3 is 16.5 Å². The number of aliphatic hydroxyl groups is 5. The maximum absolute atomic E-state index is 14.6. The molecule has 15 rings (SSSR count). The molecular weight excluding hydrogens is 1780 g/mol. The number of hydrogen-bond acceptors (Lipinski definition) is 34. The molecule has 6 aromatic carbocycles. The topological polar surface area (TPSA) is 531 Å². The SMILES string of the molecule is COc1cccc2c1C(=O)c1c(O)c3c(c(O)c1C2=O)C[C@@](O)(C(=O)NCC[N+](C)(C)Cc1ccc(OS(=O)(=O)Oc2cc(C(=O)NCCOCCn4nnc5c4CC[C@@H]4C(COC(=O)NCCOCCNC(=O)c6cccc(C(=O)CCS(=O)(=O)c7ccc(C)cc7)c6)[C@@H]4CC5)ccc2OC2O[C@H](CO)[C@H](O)[C@H](O)[C@H]2O)cc1)C[C@@H]3O[C@H]1C[C@H]2[C@H](O[C@@H]3[C@@H](OC)OCCN32)[C@H](C)O1. The largest absolute Gasteiger partial charge is 0.507 e. The molecule has 7 aromatic rings. The highest BCUT2D eigenvalue weighted by Gasteiger charge is 2.57. The van der Waals surface area contributed by atoms with E-state index in [2.05, 4.69) is 36.5 Å². The number of sulfone groups is 1. The highest BCUT2D eigenvalue weighted by atomic mass is 32.3. The second kappa shape index (κ2) is 41.2. The summed E-state index contributed by atoms with van der Waals surface area (Å²) >= 11 is 0. The predicted molar refractivity (Wildman–Crippen MR) is 464 cm³/mol. The van der Waals surface area contributed by atoms with Crippen LogP contribution in [0.3, 0.4) is 0 Å². The molecule has 2 unspecified atom stereocenters. The van der Waals surface area contributed by atoms with E-state index in [-0.39, 0.29) is 163 Å². The van der Waals surface area contributed by atoms with Gasteiger partial charge in [0.05, 0.1) is 138 Å². The van der Waals surface area contributed by atoms with Gasteiger partial charge in [-0.2, -0.15) is 0 Å². The minimum absolute atomic E-state index is 0.0219. The average molecular weight is 1890 g/mol. The molecule has 4 aliphatic heterocycles. The monoisotopic (exact) mass is 1890 g/mol. The van der Waals surface area contributed by atoms with Crippen LogP contribution in [0, 0.1) is 24.7 Å². The van der Waals surface area contributed by atoms with Crippen LogP contribution in [0.15, 0.2) is 114 Å². The van der Waals surface area contributed by atoms with Gasteiger partial charge in [0, 0.05) is 104 Å². The number of morpholine rings is 1. The molecule has 1 saturated carbocycles. The number of benzene rings is 6. The number of nitrogens with one attached hydrogen (secondary N) is 4. The van der Waals surface area contributed by atoms with E-state index in [0.29, 0.717) is 49.9 Å². The minimum atomic E-state index is -5.14. The Morgan fingerprint density at radius 3 is 2.12 bits per heavy atom. The molecule has 133 heavy (non-hydrogen) atoms. The van der Waals surface area contributed by atoms with Gasteiger partial charge in [-0.15, -0.1) is 13.5 Å². The summed E-state index contributed by atoms with van der Waals surface area (Å²) < 4.78 is 131. The Bertz CT molecular complexity index is 5710. The van der Waals surface area contributed by atoms with Gasteiger partial charge in [0.1, 0.15) is 65.7 Å². The molecule has 0 bridgehead atoms. The number of nitrogens with zero attached hydrogens (tertiary/aromatic N) is 5. The van der Waals surface area contributed by atoms with Crippen LogP contribution < -0.4 is 39.1 Å². The molecule has 11 N–H and O–H groups in total. The Balaban J connectivity index is 0.503. The smallest absolute Gasteiger partial charge is 0.501 e. The fraction of sp³-hybridized carbons (Fsp3) is 0.505. The zero-order valence-corrected chi connectivity index (χ0v) is 75.6. The van der Waals surface area contributed by atoms with Gasteiger partial charge < -0.3 is 122 Å². The number of ketones is 3. The first-order valence-corrected chi connectivity index (χ1v) is 47.0. The van der Waals surface area contributed by atoms with E-state index >= 15 is 0 Å². The molecule has 0 spiro atoms. The summed E-state index contributed by atoms with van der Waals surface area (Å²) in [7, 11) is -2.30. The summed E-state index contributed by atoms with van der Waals surface area (Å²) in [6, 6.07) is 25.8. The van der Waals surface area contributed by atoms with Crippen molar-refractivity contribution < 1.29 is 151 Å². The van der Waals surface area contributed by atoms with Crippen molar-refractivity contribution in [3.8, 4) is 34.5 Å². The Morgan fingerprint density at radius 2 is 1.40 bits per heavy atom. The highest BCUT2D eigenvalue weighted by molar-refractivity contribution is 7.91. The lowest BCUT2D eigenvalue weighted by Crippen LogP contribution is -2.60. The number of amides is 4. The van der Waals surface area contributed by atoms with Crippen molar-refractivity contribution in [1.82, 2.24) is 41.2 Å².